The molecule has 172 valence electrons. The van der Waals surface area contributed by atoms with Crippen LogP contribution in [0.5, 0.6) is 5.75 Å². The van der Waals surface area contributed by atoms with Gasteiger partial charge in [0.05, 0.1) is 31.3 Å². The van der Waals surface area contributed by atoms with E-state index in [4.69, 9.17) is 14.5 Å². The van der Waals surface area contributed by atoms with Gasteiger partial charge in [0.15, 0.2) is 0 Å². The van der Waals surface area contributed by atoms with Crippen LogP contribution >= 0.6 is 0 Å². The summed E-state index contributed by atoms with van der Waals surface area (Å²) in [5, 5.41) is 6.42. The van der Waals surface area contributed by atoms with Crippen molar-refractivity contribution < 1.29 is 19.1 Å². The number of nitrogens with one attached hydrogen (secondary N) is 2. The van der Waals surface area contributed by atoms with Gasteiger partial charge in [-0.3, -0.25) is 4.79 Å². The number of hydrogen-bond donors (Lipinski definition) is 2. The fourth-order valence-electron chi connectivity index (χ4n) is 3.58. The summed E-state index contributed by atoms with van der Waals surface area (Å²) >= 11 is 0. The molecule has 3 aromatic carbocycles. The predicted octanol–water partition coefficient (Wildman–Crippen LogP) is 5.66. The Morgan fingerprint density at radius 3 is 2.29 bits per heavy atom. The summed E-state index contributed by atoms with van der Waals surface area (Å²) in [6.45, 7) is 2.12. The number of fused-ring (bicyclic) bond motifs is 1. The van der Waals surface area contributed by atoms with E-state index < -0.39 is 0 Å². The van der Waals surface area contributed by atoms with Gasteiger partial charge < -0.3 is 20.1 Å². The van der Waals surface area contributed by atoms with Crippen molar-refractivity contribution in [1.82, 2.24) is 4.98 Å². The minimum Gasteiger partial charge on any atom is -0.496 e. The van der Waals surface area contributed by atoms with Crippen molar-refractivity contribution in [3.63, 3.8) is 0 Å². The number of nitrogens with zero attached hydrogens (tertiary/aromatic N) is 1. The predicted molar refractivity (Wildman–Crippen MR) is 133 cm³/mol. The highest BCUT2D eigenvalue weighted by atomic mass is 16.5. The summed E-state index contributed by atoms with van der Waals surface area (Å²) in [7, 11) is 1.61. The van der Waals surface area contributed by atoms with E-state index in [0.29, 0.717) is 23.7 Å². The topological polar surface area (TPSA) is 89.5 Å². The quantitative estimate of drug-likeness (QED) is 0.351. The fraction of sp³-hybridized carbons (Fsp3) is 0.148. The minimum atomic E-state index is -0.384. The summed E-state index contributed by atoms with van der Waals surface area (Å²) in [6.07, 6.45) is 0.194. The van der Waals surface area contributed by atoms with E-state index in [1.807, 2.05) is 48.5 Å². The maximum absolute atomic E-state index is 12.5. The number of anilines is 2. The molecule has 4 aromatic rings. The minimum absolute atomic E-state index is 0.194. The lowest BCUT2D eigenvalue weighted by Gasteiger charge is -2.12. The molecule has 0 atom stereocenters. The van der Waals surface area contributed by atoms with Gasteiger partial charge in [-0.15, -0.1) is 0 Å². The highest BCUT2D eigenvalue weighted by Gasteiger charge is 2.11. The molecule has 7 nitrogen and oxygen atoms in total. The lowest BCUT2D eigenvalue weighted by Crippen LogP contribution is -2.19. The number of rotatable bonds is 7. The van der Waals surface area contributed by atoms with Crippen molar-refractivity contribution in [2.45, 2.75) is 13.3 Å². The van der Waals surface area contributed by atoms with Gasteiger partial charge in [-0.2, -0.15) is 0 Å². The van der Waals surface area contributed by atoms with Crippen molar-refractivity contribution in [2.24, 2.45) is 0 Å². The molecule has 2 amide bonds. The SMILES string of the molecule is CCOC(=O)Cc1ccc(NC(=O)Nc2ccc3nc(-c4ccccc4)cc(OC)c3c2)cc1. The molecular formula is C27H25N3O4. The fourth-order valence-corrected chi connectivity index (χ4v) is 3.58. The smallest absolute Gasteiger partial charge is 0.323 e. The molecule has 7 heteroatoms. The van der Waals surface area contributed by atoms with Crippen molar-refractivity contribution in [3.05, 3.63) is 84.4 Å². The first kappa shape index (κ1) is 22.8. The summed E-state index contributed by atoms with van der Waals surface area (Å²) in [5.74, 6) is 0.392. The zero-order chi connectivity index (χ0) is 23.9. The van der Waals surface area contributed by atoms with Crippen LogP contribution in [0.1, 0.15) is 12.5 Å². The maximum Gasteiger partial charge on any atom is 0.323 e. The molecule has 0 aliphatic carbocycles. The molecule has 0 radical (unpaired) electrons. The number of pyridine rings is 1. The number of hydrogen-bond acceptors (Lipinski definition) is 5. The van der Waals surface area contributed by atoms with Crippen LogP contribution in [-0.2, 0) is 16.0 Å². The Hall–Kier alpha value is -4.39. The van der Waals surface area contributed by atoms with Crippen LogP contribution in [0.3, 0.4) is 0 Å². The Balaban J connectivity index is 1.46. The number of urea groups is 1. The highest BCUT2D eigenvalue weighted by Crippen LogP contribution is 2.31. The molecule has 0 saturated carbocycles. The van der Waals surface area contributed by atoms with E-state index in [2.05, 4.69) is 10.6 Å². The van der Waals surface area contributed by atoms with Gasteiger partial charge in [-0.1, -0.05) is 42.5 Å². The third-order valence-corrected chi connectivity index (χ3v) is 5.18. The summed E-state index contributed by atoms with van der Waals surface area (Å²) < 4.78 is 10.5. The van der Waals surface area contributed by atoms with Gasteiger partial charge in [0.25, 0.3) is 0 Å². The Morgan fingerprint density at radius 1 is 0.882 bits per heavy atom. The van der Waals surface area contributed by atoms with Gasteiger partial charge in [-0.05, 0) is 42.8 Å². The lowest BCUT2D eigenvalue weighted by atomic mass is 10.1. The first-order valence-corrected chi connectivity index (χ1v) is 10.9. The Kier molecular flexibility index (Phi) is 7.03. The maximum atomic E-state index is 12.5. The molecule has 0 aliphatic heterocycles. The van der Waals surface area contributed by atoms with E-state index in [0.717, 1.165) is 27.7 Å². The monoisotopic (exact) mass is 455 g/mol. The van der Waals surface area contributed by atoms with Gasteiger partial charge in [0.1, 0.15) is 5.75 Å². The first-order chi connectivity index (χ1) is 16.6. The number of carbonyl (C=O) groups is 2. The van der Waals surface area contributed by atoms with Crippen LogP contribution < -0.4 is 15.4 Å². The molecule has 0 aliphatic rings. The first-order valence-electron chi connectivity index (χ1n) is 10.9. The Bertz CT molecular complexity index is 1310. The van der Waals surface area contributed by atoms with E-state index in [1.165, 1.54) is 0 Å². The zero-order valence-electron chi connectivity index (χ0n) is 19.0. The molecule has 1 aromatic heterocycles. The number of benzene rings is 3. The average Bonchev–Trinajstić information content (AvgIpc) is 2.85. The van der Waals surface area contributed by atoms with Crippen molar-refractivity contribution in [3.8, 4) is 17.0 Å². The summed E-state index contributed by atoms with van der Waals surface area (Å²) in [4.78, 5) is 28.8. The van der Waals surface area contributed by atoms with Crippen LogP contribution in [0, 0.1) is 0 Å². The number of aromatic nitrogens is 1. The van der Waals surface area contributed by atoms with Crippen LogP contribution in [0.25, 0.3) is 22.2 Å². The number of carbonyl (C=O) groups excluding carboxylic acids is 2. The van der Waals surface area contributed by atoms with Crippen LogP contribution in [0.2, 0.25) is 0 Å². The Morgan fingerprint density at radius 2 is 1.59 bits per heavy atom. The van der Waals surface area contributed by atoms with Gasteiger partial charge in [0.2, 0.25) is 0 Å². The molecule has 0 saturated heterocycles. The molecule has 2 N–H and O–H groups in total. The van der Waals surface area contributed by atoms with Gasteiger partial charge in [0, 0.05) is 28.4 Å². The van der Waals surface area contributed by atoms with E-state index >= 15 is 0 Å². The second kappa shape index (κ2) is 10.5. The molecular weight excluding hydrogens is 430 g/mol. The second-order valence-electron chi connectivity index (χ2n) is 7.57. The zero-order valence-corrected chi connectivity index (χ0v) is 19.0. The molecule has 0 bridgehead atoms. The lowest BCUT2D eigenvalue weighted by molar-refractivity contribution is -0.142. The van der Waals surface area contributed by atoms with Crippen LogP contribution in [-0.4, -0.2) is 30.7 Å². The Labute approximate surface area is 197 Å². The third kappa shape index (κ3) is 5.50. The second-order valence-corrected chi connectivity index (χ2v) is 7.57. The molecule has 4 rings (SSSR count). The van der Waals surface area contributed by atoms with Crippen molar-refractivity contribution >= 4 is 34.3 Å². The number of ether oxygens (including phenoxy) is 2. The van der Waals surface area contributed by atoms with Crippen molar-refractivity contribution in [2.75, 3.05) is 24.4 Å². The van der Waals surface area contributed by atoms with Gasteiger partial charge in [-0.25, -0.2) is 9.78 Å². The summed E-state index contributed by atoms with van der Waals surface area (Å²) in [6, 6.07) is 23.9. The number of methoxy groups -OCH3 is 1. The van der Waals surface area contributed by atoms with Gasteiger partial charge >= 0.3 is 12.0 Å². The highest BCUT2D eigenvalue weighted by molar-refractivity contribution is 6.01. The number of esters is 1. The van der Waals surface area contributed by atoms with Crippen molar-refractivity contribution in [1.29, 1.82) is 0 Å². The molecule has 0 fully saturated rings. The molecule has 0 unspecified atom stereocenters. The standard InChI is InChI=1S/C27H25N3O4/c1-3-34-26(31)15-18-9-11-20(12-10-18)28-27(32)29-21-13-14-23-22(16-21)25(33-2)17-24(30-23)19-7-5-4-6-8-19/h4-14,16-17H,3,15H2,1-2H3,(H2,28,29,32). The normalized spacial score (nSPS) is 10.5. The van der Waals surface area contributed by atoms with Crippen LogP contribution in [0.4, 0.5) is 16.2 Å². The van der Waals surface area contributed by atoms with E-state index in [-0.39, 0.29) is 18.4 Å². The molecule has 1 heterocycles. The van der Waals surface area contributed by atoms with E-state index in [1.54, 1.807) is 44.4 Å². The third-order valence-electron chi connectivity index (χ3n) is 5.18. The summed E-state index contributed by atoms with van der Waals surface area (Å²) in [5.41, 5.74) is 4.61. The average molecular weight is 456 g/mol. The molecule has 0 spiro atoms. The van der Waals surface area contributed by atoms with E-state index in [9.17, 15) is 9.59 Å². The number of amides is 2. The van der Waals surface area contributed by atoms with Crippen LogP contribution in [0.15, 0.2) is 78.9 Å². The molecule has 34 heavy (non-hydrogen) atoms. The largest absolute Gasteiger partial charge is 0.496 e.